The van der Waals surface area contributed by atoms with Crippen LogP contribution < -0.4 is 15.4 Å². The van der Waals surface area contributed by atoms with Crippen molar-refractivity contribution in [1.82, 2.24) is 10.6 Å². The second-order valence-corrected chi connectivity index (χ2v) is 7.03. The van der Waals surface area contributed by atoms with Crippen molar-refractivity contribution < 1.29 is 19.1 Å². The topological polar surface area (TPSA) is 76.7 Å². The van der Waals surface area contributed by atoms with E-state index in [1.807, 2.05) is 61.5 Å². The fourth-order valence-electron chi connectivity index (χ4n) is 3.19. The molecule has 2 aromatic carbocycles. The summed E-state index contributed by atoms with van der Waals surface area (Å²) in [6.45, 7) is 6.15. The number of rotatable bonds is 7. The maximum atomic E-state index is 13.1. The summed E-state index contributed by atoms with van der Waals surface area (Å²) in [5.41, 5.74) is 2.22. The lowest BCUT2D eigenvalue weighted by Gasteiger charge is -2.31. The van der Waals surface area contributed by atoms with Crippen molar-refractivity contribution in [2.24, 2.45) is 0 Å². The molecule has 6 heteroatoms. The highest BCUT2D eigenvalue weighted by Crippen LogP contribution is 2.36. The van der Waals surface area contributed by atoms with Crippen LogP contribution in [0.3, 0.4) is 0 Å². The average molecular weight is 394 g/mol. The van der Waals surface area contributed by atoms with Gasteiger partial charge >= 0.3 is 12.0 Å². The van der Waals surface area contributed by atoms with Crippen LogP contribution in [0.4, 0.5) is 4.79 Å². The molecule has 152 valence electrons. The Morgan fingerprint density at radius 1 is 1.07 bits per heavy atom. The minimum absolute atomic E-state index is 0.295. The number of carbonyl (C=O) groups is 2. The zero-order chi connectivity index (χ0) is 20.8. The number of amides is 2. The van der Waals surface area contributed by atoms with Crippen LogP contribution in [0.1, 0.15) is 44.4 Å². The lowest BCUT2D eigenvalue weighted by molar-refractivity contribution is -0.143. The van der Waals surface area contributed by atoms with Gasteiger partial charge in [-0.15, -0.1) is 0 Å². The summed E-state index contributed by atoms with van der Waals surface area (Å²) in [6, 6.07) is 15.6. The molecule has 1 heterocycles. The first-order valence-electron chi connectivity index (χ1n) is 9.81. The van der Waals surface area contributed by atoms with Crippen LogP contribution in [-0.2, 0) is 9.53 Å². The van der Waals surface area contributed by atoms with Gasteiger partial charge < -0.3 is 20.1 Å². The van der Waals surface area contributed by atoms with E-state index in [-0.39, 0.29) is 12.1 Å². The van der Waals surface area contributed by atoms with Gasteiger partial charge in [-0.05, 0) is 31.9 Å². The number of benzene rings is 2. The Balaban J connectivity index is 2.16. The molecule has 2 amide bonds. The van der Waals surface area contributed by atoms with E-state index in [9.17, 15) is 9.59 Å². The van der Waals surface area contributed by atoms with Crippen molar-refractivity contribution in [3.63, 3.8) is 0 Å². The van der Waals surface area contributed by atoms with E-state index < -0.39 is 12.0 Å². The predicted octanol–water partition coefficient (Wildman–Crippen LogP) is 4.19. The quantitative estimate of drug-likeness (QED) is 0.691. The van der Waals surface area contributed by atoms with Gasteiger partial charge in [-0.25, -0.2) is 9.59 Å². The number of urea groups is 1. The number of ether oxygens (including phenoxy) is 2. The first-order valence-corrected chi connectivity index (χ1v) is 9.81. The Labute approximate surface area is 170 Å². The third-order valence-electron chi connectivity index (χ3n) is 4.39. The van der Waals surface area contributed by atoms with Gasteiger partial charge in [-0.3, -0.25) is 0 Å². The molecule has 0 fully saturated rings. The summed E-state index contributed by atoms with van der Waals surface area (Å²) in [5.74, 6) is 0.144. The Morgan fingerprint density at radius 3 is 2.45 bits per heavy atom. The molecule has 1 unspecified atom stereocenters. The van der Waals surface area contributed by atoms with Crippen molar-refractivity contribution in [2.75, 3.05) is 6.61 Å². The van der Waals surface area contributed by atoms with Gasteiger partial charge in [0.25, 0.3) is 0 Å². The maximum Gasteiger partial charge on any atom is 0.338 e. The highest BCUT2D eigenvalue weighted by molar-refractivity contribution is 6.04. The van der Waals surface area contributed by atoms with Crippen LogP contribution in [0.15, 0.2) is 60.2 Å². The minimum atomic E-state index is -0.696. The maximum absolute atomic E-state index is 13.1. The number of para-hydroxylation sites is 1. The van der Waals surface area contributed by atoms with E-state index in [1.165, 1.54) is 0 Å². The number of hydrogen-bond donors (Lipinski definition) is 2. The van der Waals surface area contributed by atoms with Gasteiger partial charge in [0.2, 0.25) is 0 Å². The predicted molar refractivity (Wildman–Crippen MR) is 111 cm³/mol. The Bertz CT molecular complexity index is 906. The van der Waals surface area contributed by atoms with Crippen LogP contribution in [-0.4, -0.2) is 24.7 Å². The average Bonchev–Trinajstić information content (AvgIpc) is 2.72. The minimum Gasteiger partial charge on any atom is -0.493 e. The summed E-state index contributed by atoms with van der Waals surface area (Å²) in [7, 11) is 0. The Hall–Kier alpha value is -3.28. The number of hydrogen-bond acceptors (Lipinski definition) is 4. The van der Waals surface area contributed by atoms with Gasteiger partial charge in [-0.2, -0.15) is 0 Å². The van der Waals surface area contributed by atoms with Gasteiger partial charge in [0.15, 0.2) is 0 Å². The second kappa shape index (κ2) is 9.28. The molecule has 0 spiro atoms. The van der Waals surface area contributed by atoms with Gasteiger partial charge in [0.05, 0.1) is 30.0 Å². The summed E-state index contributed by atoms with van der Waals surface area (Å²) in [6.07, 6.45) is 0.553. The molecule has 6 nitrogen and oxygen atoms in total. The summed E-state index contributed by atoms with van der Waals surface area (Å²) < 4.78 is 11.4. The largest absolute Gasteiger partial charge is 0.493 e. The molecule has 0 saturated heterocycles. The molecule has 0 aliphatic carbocycles. The lowest BCUT2D eigenvalue weighted by atomic mass is 9.92. The van der Waals surface area contributed by atoms with E-state index in [2.05, 4.69) is 10.6 Å². The molecule has 1 atom stereocenters. The van der Waals surface area contributed by atoms with Gasteiger partial charge in [-0.1, -0.05) is 55.5 Å². The molecule has 1 aliphatic heterocycles. The molecule has 3 rings (SSSR count). The fraction of sp³-hybridized carbons (Fsp3) is 0.304. The van der Waals surface area contributed by atoms with Crippen molar-refractivity contribution in [2.45, 2.75) is 39.3 Å². The van der Waals surface area contributed by atoms with Crippen LogP contribution >= 0.6 is 0 Å². The van der Waals surface area contributed by atoms with Crippen molar-refractivity contribution in [1.29, 1.82) is 0 Å². The van der Waals surface area contributed by atoms with Crippen LogP contribution in [0.25, 0.3) is 5.70 Å². The SMILES string of the molecule is CCCOc1ccccc1C1NC(=O)NC(c2ccccc2)=C1C(=O)OC(C)C. The number of nitrogens with one attached hydrogen (secondary N) is 2. The number of carbonyl (C=O) groups excluding carboxylic acids is 2. The van der Waals surface area contributed by atoms with E-state index in [0.29, 0.717) is 29.2 Å². The van der Waals surface area contributed by atoms with Crippen LogP contribution in [0.2, 0.25) is 0 Å². The monoisotopic (exact) mass is 394 g/mol. The van der Waals surface area contributed by atoms with E-state index in [0.717, 1.165) is 12.0 Å². The summed E-state index contributed by atoms with van der Waals surface area (Å²) >= 11 is 0. The summed E-state index contributed by atoms with van der Waals surface area (Å²) in [5, 5.41) is 5.65. The molecule has 0 bridgehead atoms. The van der Waals surface area contributed by atoms with Crippen LogP contribution in [0, 0.1) is 0 Å². The Kier molecular flexibility index (Phi) is 6.54. The Morgan fingerprint density at radius 2 is 1.76 bits per heavy atom. The molecular weight excluding hydrogens is 368 g/mol. The standard InChI is InChI=1S/C23H26N2O4/c1-4-14-28-18-13-9-8-12-17(18)21-19(22(26)29-15(2)3)20(24-23(27)25-21)16-10-6-5-7-11-16/h5-13,15,21H,4,14H2,1-3H3,(H2,24,25,27). The smallest absolute Gasteiger partial charge is 0.338 e. The van der Waals surface area contributed by atoms with Crippen molar-refractivity contribution >= 4 is 17.7 Å². The molecule has 2 aromatic rings. The fourth-order valence-corrected chi connectivity index (χ4v) is 3.19. The number of esters is 1. The zero-order valence-corrected chi connectivity index (χ0v) is 16.9. The molecule has 29 heavy (non-hydrogen) atoms. The van der Waals surface area contributed by atoms with Crippen LogP contribution in [0.5, 0.6) is 5.75 Å². The molecular formula is C23H26N2O4. The van der Waals surface area contributed by atoms with Gasteiger partial charge in [0, 0.05) is 5.56 Å². The summed E-state index contributed by atoms with van der Waals surface area (Å²) in [4.78, 5) is 25.6. The molecule has 0 saturated carbocycles. The first-order chi connectivity index (χ1) is 14.0. The molecule has 2 N–H and O–H groups in total. The second-order valence-electron chi connectivity index (χ2n) is 7.03. The van der Waals surface area contributed by atoms with E-state index in [4.69, 9.17) is 9.47 Å². The highest BCUT2D eigenvalue weighted by atomic mass is 16.5. The zero-order valence-electron chi connectivity index (χ0n) is 16.9. The third kappa shape index (κ3) is 4.77. The molecule has 0 radical (unpaired) electrons. The molecule has 1 aliphatic rings. The van der Waals surface area contributed by atoms with Crippen molar-refractivity contribution in [3.8, 4) is 5.75 Å². The van der Waals surface area contributed by atoms with E-state index in [1.54, 1.807) is 13.8 Å². The van der Waals surface area contributed by atoms with E-state index >= 15 is 0 Å². The molecule has 0 aromatic heterocycles. The highest BCUT2D eigenvalue weighted by Gasteiger charge is 2.36. The first kappa shape index (κ1) is 20.5. The lowest BCUT2D eigenvalue weighted by Crippen LogP contribution is -2.45. The van der Waals surface area contributed by atoms with Crippen molar-refractivity contribution in [3.05, 3.63) is 71.3 Å². The normalized spacial score (nSPS) is 16.3. The van der Waals surface area contributed by atoms with Gasteiger partial charge in [0.1, 0.15) is 5.75 Å². The third-order valence-corrected chi connectivity index (χ3v) is 4.39.